The molecule has 0 radical (unpaired) electrons. The quantitative estimate of drug-likeness (QED) is 0.419. The van der Waals surface area contributed by atoms with E-state index in [4.69, 9.17) is 17.4 Å². The van der Waals surface area contributed by atoms with Crippen LogP contribution in [0, 0.1) is 0 Å². The van der Waals surface area contributed by atoms with Crippen LogP contribution < -0.4 is 11.3 Å². The van der Waals surface area contributed by atoms with E-state index in [1.807, 2.05) is 0 Å². The molecule has 0 spiro atoms. The third-order valence-electron chi connectivity index (χ3n) is 1.53. The van der Waals surface area contributed by atoms with Crippen LogP contribution in [0.3, 0.4) is 0 Å². The molecular formula is C8H9ClN2O. The summed E-state index contributed by atoms with van der Waals surface area (Å²) in [6.45, 7) is 1.49. The molecule has 0 fully saturated rings. The zero-order valence-electron chi connectivity index (χ0n) is 6.60. The molecule has 64 valence electrons. The first kappa shape index (κ1) is 9.03. The Labute approximate surface area is 75.5 Å². The maximum Gasteiger partial charge on any atom is 0.159 e. The molecule has 0 aliphatic heterocycles. The topological polar surface area (TPSA) is 55.1 Å². The van der Waals surface area contributed by atoms with Gasteiger partial charge in [-0.05, 0) is 25.1 Å². The standard InChI is InChI=1S/C8H9ClN2O/c1-5(12)6-2-3-7(9)8(4-6)11-10/h2-4,11H,10H2,1H3. The summed E-state index contributed by atoms with van der Waals surface area (Å²) in [4.78, 5) is 10.9. The van der Waals surface area contributed by atoms with E-state index >= 15 is 0 Å². The van der Waals surface area contributed by atoms with Gasteiger partial charge in [-0.3, -0.25) is 10.6 Å². The van der Waals surface area contributed by atoms with E-state index in [-0.39, 0.29) is 5.78 Å². The van der Waals surface area contributed by atoms with Crippen molar-refractivity contribution in [1.82, 2.24) is 0 Å². The molecule has 1 aromatic carbocycles. The average Bonchev–Trinajstić information content (AvgIpc) is 2.05. The van der Waals surface area contributed by atoms with E-state index in [1.165, 1.54) is 6.92 Å². The molecule has 0 aliphatic carbocycles. The van der Waals surface area contributed by atoms with Crippen molar-refractivity contribution in [3.05, 3.63) is 28.8 Å². The summed E-state index contributed by atoms with van der Waals surface area (Å²) >= 11 is 5.75. The van der Waals surface area contributed by atoms with Gasteiger partial charge >= 0.3 is 0 Å². The predicted molar refractivity (Wildman–Crippen MR) is 49.3 cm³/mol. The van der Waals surface area contributed by atoms with Crippen molar-refractivity contribution in [3.8, 4) is 0 Å². The van der Waals surface area contributed by atoms with Crippen molar-refractivity contribution >= 4 is 23.1 Å². The van der Waals surface area contributed by atoms with Gasteiger partial charge in [0, 0.05) is 5.56 Å². The Kier molecular flexibility index (Phi) is 2.68. The number of anilines is 1. The van der Waals surface area contributed by atoms with E-state index < -0.39 is 0 Å². The van der Waals surface area contributed by atoms with Gasteiger partial charge in [0.25, 0.3) is 0 Å². The Morgan fingerprint density at radius 3 is 2.75 bits per heavy atom. The monoisotopic (exact) mass is 184 g/mol. The zero-order valence-corrected chi connectivity index (χ0v) is 7.35. The second kappa shape index (κ2) is 3.56. The molecule has 1 rings (SSSR count). The van der Waals surface area contributed by atoms with Crippen molar-refractivity contribution in [2.24, 2.45) is 5.84 Å². The fraction of sp³-hybridized carbons (Fsp3) is 0.125. The van der Waals surface area contributed by atoms with Crippen molar-refractivity contribution in [2.75, 3.05) is 5.43 Å². The Morgan fingerprint density at radius 1 is 1.58 bits per heavy atom. The van der Waals surface area contributed by atoms with Gasteiger partial charge in [0.2, 0.25) is 0 Å². The molecule has 0 atom stereocenters. The van der Waals surface area contributed by atoms with E-state index in [9.17, 15) is 4.79 Å². The van der Waals surface area contributed by atoms with Crippen molar-refractivity contribution in [3.63, 3.8) is 0 Å². The number of halogens is 1. The van der Waals surface area contributed by atoms with E-state index in [1.54, 1.807) is 18.2 Å². The van der Waals surface area contributed by atoms with Crippen LogP contribution in [0.4, 0.5) is 5.69 Å². The number of rotatable bonds is 2. The van der Waals surface area contributed by atoms with Crippen LogP contribution in [0.15, 0.2) is 18.2 Å². The SMILES string of the molecule is CC(=O)c1ccc(Cl)c(NN)c1. The maximum atomic E-state index is 10.9. The van der Waals surface area contributed by atoms with Crippen LogP contribution in [0.2, 0.25) is 5.02 Å². The van der Waals surface area contributed by atoms with Gasteiger partial charge in [0.05, 0.1) is 10.7 Å². The van der Waals surface area contributed by atoms with Gasteiger partial charge in [-0.15, -0.1) is 0 Å². The van der Waals surface area contributed by atoms with Gasteiger partial charge in [-0.2, -0.15) is 0 Å². The largest absolute Gasteiger partial charge is 0.323 e. The van der Waals surface area contributed by atoms with Crippen LogP contribution in [-0.4, -0.2) is 5.78 Å². The zero-order chi connectivity index (χ0) is 9.14. The summed E-state index contributed by atoms with van der Waals surface area (Å²) in [6, 6.07) is 4.91. The van der Waals surface area contributed by atoms with Gasteiger partial charge in [0.15, 0.2) is 5.78 Å². The summed E-state index contributed by atoms with van der Waals surface area (Å²) in [5.41, 5.74) is 3.56. The van der Waals surface area contributed by atoms with Gasteiger partial charge < -0.3 is 5.43 Å². The molecule has 0 aromatic heterocycles. The lowest BCUT2D eigenvalue weighted by atomic mass is 10.1. The van der Waals surface area contributed by atoms with Gasteiger partial charge in [0.1, 0.15) is 0 Å². The first-order chi connectivity index (χ1) is 5.65. The fourth-order valence-electron chi connectivity index (χ4n) is 0.855. The summed E-state index contributed by atoms with van der Waals surface area (Å²) in [5, 5.41) is 0.502. The van der Waals surface area contributed by atoms with E-state index in [0.29, 0.717) is 16.3 Å². The summed E-state index contributed by atoms with van der Waals surface area (Å²) < 4.78 is 0. The number of nitrogens with one attached hydrogen (secondary N) is 1. The summed E-state index contributed by atoms with van der Waals surface area (Å²) in [6.07, 6.45) is 0. The number of nitrogens with two attached hydrogens (primary N) is 1. The van der Waals surface area contributed by atoms with Crippen molar-refractivity contribution < 1.29 is 4.79 Å². The van der Waals surface area contributed by atoms with Crippen LogP contribution in [0.5, 0.6) is 0 Å². The van der Waals surface area contributed by atoms with E-state index in [0.717, 1.165) is 0 Å². The number of ketones is 1. The highest BCUT2D eigenvalue weighted by Crippen LogP contribution is 2.21. The third kappa shape index (κ3) is 1.75. The van der Waals surface area contributed by atoms with Crippen LogP contribution in [-0.2, 0) is 0 Å². The lowest BCUT2D eigenvalue weighted by Gasteiger charge is -2.03. The molecule has 0 bridgehead atoms. The molecule has 0 aliphatic rings. The lowest BCUT2D eigenvalue weighted by molar-refractivity contribution is 0.101. The minimum Gasteiger partial charge on any atom is -0.323 e. The van der Waals surface area contributed by atoms with Gasteiger partial charge in [-0.25, -0.2) is 0 Å². The molecule has 0 amide bonds. The average molecular weight is 185 g/mol. The first-order valence-corrected chi connectivity index (χ1v) is 3.80. The molecule has 0 saturated heterocycles. The Balaban J connectivity index is 3.13. The second-order valence-corrected chi connectivity index (χ2v) is 2.80. The van der Waals surface area contributed by atoms with Crippen LogP contribution in [0.1, 0.15) is 17.3 Å². The highest BCUT2D eigenvalue weighted by molar-refractivity contribution is 6.33. The third-order valence-corrected chi connectivity index (χ3v) is 1.86. The summed E-state index contributed by atoms with van der Waals surface area (Å²) in [7, 11) is 0. The number of carbonyl (C=O) groups excluding carboxylic acids is 1. The predicted octanol–water partition coefficient (Wildman–Crippen LogP) is 1.83. The lowest BCUT2D eigenvalue weighted by Crippen LogP contribution is -2.08. The number of hydrogen-bond donors (Lipinski definition) is 2. The Bertz CT molecular complexity index is 312. The normalized spacial score (nSPS) is 9.58. The van der Waals surface area contributed by atoms with Crippen LogP contribution in [0.25, 0.3) is 0 Å². The highest BCUT2D eigenvalue weighted by Gasteiger charge is 2.02. The van der Waals surface area contributed by atoms with Crippen LogP contribution >= 0.6 is 11.6 Å². The number of Topliss-reactive ketones (excluding diaryl/α,β-unsaturated/α-hetero) is 1. The summed E-state index contributed by atoms with van der Waals surface area (Å²) in [5.74, 6) is 5.16. The molecule has 1 aromatic rings. The minimum absolute atomic E-state index is 0.0110. The molecule has 0 unspecified atom stereocenters. The smallest absolute Gasteiger partial charge is 0.159 e. The second-order valence-electron chi connectivity index (χ2n) is 2.40. The maximum absolute atomic E-state index is 10.9. The molecule has 3 nitrogen and oxygen atoms in total. The fourth-order valence-corrected chi connectivity index (χ4v) is 1.03. The molecule has 4 heteroatoms. The Hall–Kier alpha value is -1.06. The Morgan fingerprint density at radius 2 is 2.25 bits per heavy atom. The van der Waals surface area contributed by atoms with Crippen molar-refractivity contribution in [2.45, 2.75) is 6.92 Å². The first-order valence-electron chi connectivity index (χ1n) is 3.42. The highest BCUT2D eigenvalue weighted by atomic mass is 35.5. The molecule has 3 N–H and O–H groups in total. The molecule has 0 heterocycles. The number of hydrogen-bond acceptors (Lipinski definition) is 3. The van der Waals surface area contributed by atoms with E-state index in [2.05, 4.69) is 5.43 Å². The number of carbonyl (C=O) groups is 1. The molecule has 0 saturated carbocycles. The number of hydrazine groups is 1. The molecule has 12 heavy (non-hydrogen) atoms. The molecular weight excluding hydrogens is 176 g/mol. The van der Waals surface area contributed by atoms with Crippen molar-refractivity contribution in [1.29, 1.82) is 0 Å². The minimum atomic E-state index is -0.0110. The van der Waals surface area contributed by atoms with Gasteiger partial charge in [-0.1, -0.05) is 11.6 Å². The number of benzene rings is 1. The number of nitrogen functional groups attached to an aromatic ring is 1.